The fourth-order valence-corrected chi connectivity index (χ4v) is 2.54. The second-order valence-corrected chi connectivity index (χ2v) is 5.21. The monoisotopic (exact) mass is 272 g/mol. The molecule has 106 valence electrons. The number of piperazine rings is 1. The van der Waals surface area contributed by atoms with Crippen molar-refractivity contribution in [3.8, 4) is 0 Å². The van der Waals surface area contributed by atoms with Crippen LogP contribution in [0.4, 0.5) is 11.9 Å². The van der Waals surface area contributed by atoms with Crippen LogP contribution in [0.1, 0.15) is 11.1 Å². The van der Waals surface area contributed by atoms with Gasteiger partial charge in [0.15, 0.2) is 0 Å². The number of nitrogens with one attached hydrogen (secondary N) is 1. The van der Waals surface area contributed by atoms with Crippen LogP contribution in [-0.2, 0) is 6.54 Å². The van der Waals surface area contributed by atoms with Crippen LogP contribution in [-0.4, -0.2) is 46.3 Å². The highest BCUT2D eigenvalue weighted by Crippen LogP contribution is 2.15. The smallest absolute Gasteiger partial charge is 0.246 e. The molecule has 1 saturated heterocycles. The Morgan fingerprint density at radius 3 is 2.60 bits per heavy atom. The van der Waals surface area contributed by atoms with E-state index >= 15 is 0 Å². The van der Waals surface area contributed by atoms with Crippen LogP contribution in [0.15, 0.2) is 24.3 Å². The van der Waals surface area contributed by atoms with Crippen molar-refractivity contribution in [2.75, 3.05) is 36.8 Å². The molecule has 2 heterocycles. The number of hydrogen-bond acceptors (Lipinski definition) is 5. The lowest BCUT2D eigenvalue weighted by molar-refractivity contribution is 0.248. The zero-order valence-electron chi connectivity index (χ0n) is 11.7. The molecule has 6 nitrogen and oxygen atoms in total. The number of anilines is 2. The van der Waals surface area contributed by atoms with E-state index in [0.717, 1.165) is 32.7 Å². The van der Waals surface area contributed by atoms with E-state index in [4.69, 9.17) is 5.73 Å². The first-order chi connectivity index (χ1) is 9.72. The lowest BCUT2D eigenvalue weighted by Crippen LogP contribution is -2.46. The minimum atomic E-state index is 0.377. The van der Waals surface area contributed by atoms with E-state index in [1.807, 2.05) is 0 Å². The maximum absolute atomic E-state index is 5.57. The Kier molecular flexibility index (Phi) is 3.56. The highest BCUT2D eigenvalue weighted by Gasteiger charge is 2.20. The number of benzene rings is 1. The standard InChI is InChI=1S/C14H20N6/c1-11-4-2-3-5-12(11)10-19-6-8-20(9-7-19)14-16-13(15)17-18-14/h2-5H,6-10H2,1H3,(H3,15,16,17,18). The van der Waals surface area contributed by atoms with Crippen LogP contribution >= 0.6 is 0 Å². The van der Waals surface area contributed by atoms with Gasteiger partial charge < -0.3 is 10.6 Å². The number of nitrogen functional groups attached to an aromatic ring is 1. The molecule has 0 unspecified atom stereocenters. The van der Waals surface area contributed by atoms with Gasteiger partial charge in [0.05, 0.1) is 0 Å². The summed E-state index contributed by atoms with van der Waals surface area (Å²) in [7, 11) is 0. The Balaban J connectivity index is 1.58. The first-order valence-corrected chi connectivity index (χ1v) is 6.92. The van der Waals surface area contributed by atoms with Crippen LogP contribution in [0, 0.1) is 6.92 Å². The summed E-state index contributed by atoms with van der Waals surface area (Å²) in [6, 6.07) is 8.57. The molecular formula is C14H20N6. The number of aryl methyl sites for hydroxylation is 1. The van der Waals surface area contributed by atoms with E-state index in [0.29, 0.717) is 11.9 Å². The molecule has 1 aliphatic heterocycles. The Labute approximate surface area is 118 Å². The van der Waals surface area contributed by atoms with E-state index in [9.17, 15) is 0 Å². The minimum absolute atomic E-state index is 0.377. The van der Waals surface area contributed by atoms with Crippen molar-refractivity contribution in [2.24, 2.45) is 0 Å². The number of H-pyrrole nitrogens is 1. The lowest BCUT2D eigenvalue weighted by atomic mass is 10.1. The van der Waals surface area contributed by atoms with Crippen LogP contribution in [0.5, 0.6) is 0 Å². The first kappa shape index (κ1) is 12.9. The quantitative estimate of drug-likeness (QED) is 0.872. The summed E-state index contributed by atoms with van der Waals surface area (Å²) in [6.07, 6.45) is 0. The SMILES string of the molecule is Cc1ccccc1CN1CCN(c2n[nH]c(N)n2)CC1. The average Bonchev–Trinajstić information content (AvgIpc) is 2.89. The van der Waals surface area contributed by atoms with Gasteiger partial charge in [-0.05, 0) is 18.1 Å². The summed E-state index contributed by atoms with van der Waals surface area (Å²) in [5.41, 5.74) is 8.33. The highest BCUT2D eigenvalue weighted by molar-refractivity contribution is 5.34. The predicted octanol–water partition coefficient (Wildman–Crippen LogP) is 1.02. The molecule has 1 aromatic carbocycles. The summed E-state index contributed by atoms with van der Waals surface area (Å²) in [4.78, 5) is 8.81. The topological polar surface area (TPSA) is 74.1 Å². The summed E-state index contributed by atoms with van der Waals surface area (Å²) in [6.45, 7) is 7.08. The Bertz CT molecular complexity index is 571. The molecule has 0 atom stereocenters. The molecule has 0 amide bonds. The third kappa shape index (κ3) is 2.75. The Morgan fingerprint density at radius 1 is 1.20 bits per heavy atom. The molecule has 0 aliphatic carbocycles. The lowest BCUT2D eigenvalue weighted by Gasteiger charge is -2.34. The largest absolute Gasteiger partial charge is 0.368 e. The van der Waals surface area contributed by atoms with E-state index in [2.05, 4.69) is 56.2 Å². The van der Waals surface area contributed by atoms with Crippen molar-refractivity contribution in [1.82, 2.24) is 20.1 Å². The van der Waals surface area contributed by atoms with Crippen molar-refractivity contribution < 1.29 is 0 Å². The maximum atomic E-state index is 5.57. The number of aromatic amines is 1. The third-order valence-corrected chi connectivity index (χ3v) is 3.80. The Hall–Kier alpha value is -2.08. The molecule has 3 N–H and O–H groups in total. The van der Waals surface area contributed by atoms with Crippen molar-refractivity contribution in [3.05, 3.63) is 35.4 Å². The first-order valence-electron chi connectivity index (χ1n) is 6.92. The van der Waals surface area contributed by atoms with Crippen LogP contribution in [0.3, 0.4) is 0 Å². The van der Waals surface area contributed by atoms with Gasteiger partial charge in [0, 0.05) is 32.7 Å². The fourth-order valence-electron chi connectivity index (χ4n) is 2.54. The second kappa shape index (κ2) is 5.50. The zero-order valence-corrected chi connectivity index (χ0v) is 11.7. The fraction of sp³-hybridized carbons (Fsp3) is 0.429. The predicted molar refractivity (Wildman–Crippen MR) is 79.5 cm³/mol. The summed E-state index contributed by atoms with van der Waals surface area (Å²) in [5, 5.41) is 6.79. The molecular weight excluding hydrogens is 252 g/mol. The summed E-state index contributed by atoms with van der Waals surface area (Å²) >= 11 is 0. The molecule has 1 aromatic heterocycles. The molecule has 0 bridgehead atoms. The van der Waals surface area contributed by atoms with E-state index < -0.39 is 0 Å². The molecule has 6 heteroatoms. The van der Waals surface area contributed by atoms with Gasteiger partial charge in [-0.3, -0.25) is 4.90 Å². The van der Waals surface area contributed by atoms with Gasteiger partial charge in [0.2, 0.25) is 11.9 Å². The molecule has 1 fully saturated rings. The number of nitrogens with two attached hydrogens (primary N) is 1. The van der Waals surface area contributed by atoms with Crippen LogP contribution in [0.2, 0.25) is 0 Å². The molecule has 0 spiro atoms. The van der Waals surface area contributed by atoms with Crippen LogP contribution < -0.4 is 10.6 Å². The van der Waals surface area contributed by atoms with Gasteiger partial charge in [-0.2, -0.15) is 4.98 Å². The molecule has 0 saturated carbocycles. The molecule has 20 heavy (non-hydrogen) atoms. The molecule has 1 aliphatic rings. The maximum Gasteiger partial charge on any atom is 0.246 e. The van der Waals surface area contributed by atoms with Crippen molar-refractivity contribution in [3.63, 3.8) is 0 Å². The highest BCUT2D eigenvalue weighted by atomic mass is 15.4. The van der Waals surface area contributed by atoms with Crippen molar-refractivity contribution >= 4 is 11.9 Å². The number of aromatic nitrogens is 3. The van der Waals surface area contributed by atoms with Gasteiger partial charge in [-0.25, -0.2) is 5.10 Å². The van der Waals surface area contributed by atoms with Crippen LogP contribution in [0.25, 0.3) is 0 Å². The van der Waals surface area contributed by atoms with Gasteiger partial charge in [-0.1, -0.05) is 24.3 Å². The average molecular weight is 272 g/mol. The third-order valence-electron chi connectivity index (χ3n) is 3.80. The Morgan fingerprint density at radius 2 is 1.95 bits per heavy atom. The zero-order chi connectivity index (χ0) is 13.9. The van der Waals surface area contributed by atoms with E-state index in [1.54, 1.807) is 0 Å². The number of hydrogen-bond donors (Lipinski definition) is 2. The molecule has 3 rings (SSSR count). The van der Waals surface area contributed by atoms with E-state index in [1.165, 1.54) is 11.1 Å². The van der Waals surface area contributed by atoms with Gasteiger partial charge >= 0.3 is 0 Å². The summed E-state index contributed by atoms with van der Waals surface area (Å²) in [5.74, 6) is 1.08. The normalized spacial score (nSPS) is 16.6. The van der Waals surface area contributed by atoms with E-state index in [-0.39, 0.29) is 0 Å². The second-order valence-electron chi connectivity index (χ2n) is 5.21. The minimum Gasteiger partial charge on any atom is -0.368 e. The van der Waals surface area contributed by atoms with Crippen molar-refractivity contribution in [1.29, 1.82) is 0 Å². The summed E-state index contributed by atoms with van der Waals surface area (Å²) < 4.78 is 0. The van der Waals surface area contributed by atoms with Gasteiger partial charge in [0.1, 0.15) is 0 Å². The number of rotatable bonds is 3. The van der Waals surface area contributed by atoms with Crippen molar-refractivity contribution in [2.45, 2.75) is 13.5 Å². The molecule has 2 aromatic rings. The van der Waals surface area contributed by atoms with Gasteiger partial charge in [0.25, 0.3) is 0 Å². The van der Waals surface area contributed by atoms with Gasteiger partial charge in [-0.15, -0.1) is 5.10 Å². The number of nitrogens with zero attached hydrogens (tertiary/aromatic N) is 4. The molecule has 0 radical (unpaired) electrons.